The number of hydrogen-bond acceptors (Lipinski definition) is 5. The molecule has 1 aromatic rings. The van der Waals surface area contributed by atoms with Gasteiger partial charge in [-0.2, -0.15) is 5.10 Å². The van der Waals surface area contributed by atoms with Crippen molar-refractivity contribution >= 4 is 11.8 Å². The van der Waals surface area contributed by atoms with Gasteiger partial charge in [0.15, 0.2) is 0 Å². The van der Waals surface area contributed by atoms with Gasteiger partial charge in [0.25, 0.3) is 0 Å². The third-order valence-electron chi connectivity index (χ3n) is 1.91. The van der Waals surface area contributed by atoms with Crippen molar-refractivity contribution in [1.82, 2.24) is 20.1 Å². The molecule has 88 valence electrons. The lowest BCUT2D eigenvalue weighted by atomic mass is 10.1. The van der Waals surface area contributed by atoms with Gasteiger partial charge in [-0.05, 0) is 5.92 Å². The second-order valence-electron chi connectivity index (χ2n) is 3.46. The van der Waals surface area contributed by atoms with Crippen LogP contribution in [0.4, 0.5) is 4.79 Å². The van der Waals surface area contributed by atoms with Gasteiger partial charge < -0.3 is 5.32 Å². The predicted octanol–water partition coefficient (Wildman–Crippen LogP) is 0.646. The Bertz CT molecular complexity index is 358. The van der Waals surface area contributed by atoms with Crippen LogP contribution >= 0.6 is 0 Å². The van der Waals surface area contributed by atoms with E-state index in [9.17, 15) is 4.79 Å². The van der Waals surface area contributed by atoms with Crippen LogP contribution in [-0.2, 0) is 11.4 Å². The Morgan fingerprint density at radius 3 is 2.88 bits per heavy atom. The highest BCUT2D eigenvalue weighted by Gasteiger charge is 2.09. The molecule has 0 aromatic carbocycles. The van der Waals surface area contributed by atoms with Crippen LogP contribution in [0.3, 0.4) is 0 Å². The summed E-state index contributed by atoms with van der Waals surface area (Å²) in [7, 11) is 1.48. The van der Waals surface area contributed by atoms with E-state index in [1.54, 1.807) is 11.0 Å². The lowest BCUT2D eigenvalue weighted by Gasteiger charge is -2.08. The summed E-state index contributed by atoms with van der Waals surface area (Å²) in [5.41, 5.74) is 0.717. The van der Waals surface area contributed by atoms with Gasteiger partial charge in [0.1, 0.15) is 12.7 Å². The highest BCUT2D eigenvalue weighted by molar-refractivity contribution is 5.86. The van der Waals surface area contributed by atoms with Gasteiger partial charge >= 0.3 is 6.09 Å². The number of nitrogens with one attached hydrogen (secondary N) is 1. The normalized spacial score (nSPS) is 11.6. The average molecular weight is 225 g/mol. The first-order valence-electron chi connectivity index (χ1n) is 4.91. The molecule has 1 N–H and O–H groups in total. The Hall–Kier alpha value is -1.92. The Labute approximate surface area is 93.5 Å². The Morgan fingerprint density at radius 2 is 2.38 bits per heavy atom. The average Bonchev–Trinajstić information content (AvgIpc) is 2.75. The number of hydrogen-bond donors (Lipinski definition) is 1. The van der Waals surface area contributed by atoms with Crippen molar-refractivity contribution < 1.29 is 9.63 Å². The molecule has 1 aromatic heterocycles. The maximum atomic E-state index is 10.9. The van der Waals surface area contributed by atoms with Crippen LogP contribution < -0.4 is 5.32 Å². The number of carbonyl (C=O) groups is 1. The third kappa shape index (κ3) is 3.68. The van der Waals surface area contributed by atoms with Gasteiger partial charge in [-0.1, -0.05) is 19.0 Å². The maximum absolute atomic E-state index is 10.9. The van der Waals surface area contributed by atoms with Crippen LogP contribution in [0.2, 0.25) is 0 Å². The first-order valence-corrected chi connectivity index (χ1v) is 4.91. The van der Waals surface area contributed by atoms with Crippen molar-refractivity contribution in [3.63, 3.8) is 0 Å². The van der Waals surface area contributed by atoms with E-state index < -0.39 is 6.09 Å². The molecule has 0 atom stereocenters. The van der Waals surface area contributed by atoms with Gasteiger partial charge in [-0.3, -0.25) is 4.84 Å². The summed E-state index contributed by atoms with van der Waals surface area (Å²) in [5, 5.41) is 10.1. The highest BCUT2D eigenvalue weighted by Crippen LogP contribution is 2.01. The number of nitrogens with zero attached hydrogens (tertiary/aromatic N) is 4. The molecule has 1 rings (SSSR count). The third-order valence-corrected chi connectivity index (χ3v) is 1.91. The smallest absolute Gasteiger partial charge is 0.323 e. The fourth-order valence-corrected chi connectivity index (χ4v) is 0.943. The molecule has 0 fully saturated rings. The Morgan fingerprint density at radius 1 is 1.62 bits per heavy atom. The number of aromatic nitrogens is 3. The lowest BCUT2D eigenvalue weighted by Crippen LogP contribution is -2.21. The summed E-state index contributed by atoms with van der Waals surface area (Å²) in [4.78, 5) is 19.3. The number of rotatable bonds is 4. The Balaban J connectivity index is 2.64. The van der Waals surface area contributed by atoms with E-state index in [0.717, 1.165) is 0 Å². The molecule has 0 radical (unpaired) electrons. The fourth-order valence-electron chi connectivity index (χ4n) is 0.943. The van der Waals surface area contributed by atoms with Crippen molar-refractivity contribution in [3.8, 4) is 0 Å². The van der Waals surface area contributed by atoms with Crippen LogP contribution in [0, 0.1) is 5.92 Å². The van der Waals surface area contributed by atoms with Gasteiger partial charge in [0, 0.05) is 7.05 Å². The van der Waals surface area contributed by atoms with E-state index in [1.165, 1.54) is 13.4 Å². The molecular weight excluding hydrogens is 210 g/mol. The van der Waals surface area contributed by atoms with E-state index >= 15 is 0 Å². The molecule has 7 nitrogen and oxygen atoms in total. The predicted molar refractivity (Wildman–Crippen MR) is 57.8 cm³/mol. The second kappa shape index (κ2) is 5.84. The molecule has 1 heterocycles. The highest BCUT2D eigenvalue weighted by atomic mass is 16.7. The van der Waals surface area contributed by atoms with Gasteiger partial charge in [0.2, 0.25) is 0 Å². The van der Waals surface area contributed by atoms with E-state index in [2.05, 4.69) is 25.4 Å². The van der Waals surface area contributed by atoms with Crippen LogP contribution in [-0.4, -0.2) is 33.6 Å². The van der Waals surface area contributed by atoms with E-state index in [4.69, 9.17) is 0 Å². The van der Waals surface area contributed by atoms with E-state index in [-0.39, 0.29) is 5.92 Å². The minimum atomic E-state index is -0.586. The van der Waals surface area contributed by atoms with Crippen LogP contribution in [0.25, 0.3) is 0 Å². The molecule has 1 amide bonds. The molecule has 0 aliphatic rings. The number of oxime groups is 1. The van der Waals surface area contributed by atoms with Crippen molar-refractivity contribution in [2.45, 2.75) is 20.4 Å². The van der Waals surface area contributed by atoms with Gasteiger partial charge in [-0.25, -0.2) is 14.5 Å². The molecule has 0 saturated carbocycles. The monoisotopic (exact) mass is 225 g/mol. The van der Waals surface area contributed by atoms with Crippen LogP contribution in [0.1, 0.15) is 13.8 Å². The lowest BCUT2D eigenvalue weighted by molar-refractivity contribution is 0.152. The molecule has 0 saturated heterocycles. The topological polar surface area (TPSA) is 81.4 Å². The molecule has 0 bridgehead atoms. The number of amides is 1. The van der Waals surface area contributed by atoms with Crippen LogP contribution in [0.5, 0.6) is 0 Å². The summed E-state index contributed by atoms with van der Waals surface area (Å²) in [6.45, 7) is 4.38. The zero-order valence-corrected chi connectivity index (χ0v) is 9.54. The van der Waals surface area contributed by atoms with E-state index in [0.29, 0.717) is 12.3 Å². The second-order valence-corrected chi connectivity index (χ2v) is 3.46. The van der Waals surface area contributed by atoms with Gasteiger partial charge in [0.05, 0.1) is 12.3 Å². The number of carbonyl (C=O) groups excluding carboxylic acids is 1. The Kier molecular flexibility index (Phi) is 4.43. The van der Waals surface area contributed by atoms with Crippen molar-refractivity contribution in [3.05, 3.63) is 12.7 Å². The fraction of sp³-hybridized carbons (Fsp3) is 0.556. The van der Waals surface area contributed by atoms with Crippen LogP contribution in [0.15, 0.2) is 17.8 Å². The maximum Gasteiger partial charge on any atom is 0.433 e. The zero-order valence-electron chi connectivity index (χ0n) is 9.54. The minimum absolute atomic E-state index is 0.161. The van der Waals surface area contributed by atoms with Crippen molar-refractivity contribution in [1.29, 1.82) is 0 Å². The SMILES string of the molecule is CNC(=O)ON=C(Cn1cncn1)C(C)C. The quantitative estimate of drug-likeness (QED) is 0.463. The summed E-state index contributed by atoms with van der Waals surface area (Å²) in [6.07, 6.45) is 2.44. The first-order chi connectivity index (χ1) is 7.63. The van der Waals surface area contributed by atoms with Crippen molar-refractivity contribution in [2.75, 3.05) is 7.05 Å². The van der Waals surface area contributed by atoms with Crippen molar-refractivity contribution in [2.24, 2.45) is 11.1 Å². The van der Waals surface area contributed by atoms with Gasteiger partial charge in [-0.15, -0.1) is 0 Å². The zero-order chi connectivity index (χ0) is 12.0. The molecule has 16 heavy (non-hydrogen) atoms. The molecule has 7 heteroatoms. The molecular formula is C9H15N5O2. The molecule has 0 spiro atoms. The standard InChI is InChI=1S/C9H15N5O2/c1-7(2)8(13-16-9(15)10-3)4-14-6-11-5-12-14/h5-7H,4H2,1-3H3,(H,10,15). The molecule has 0 aliphatic carbocycles. The summed E-state index contributed by atoms with van der Waals surface area (Å²) in [6, 6.07) is 0. The first kappa shape index (κ1) is 12.2. The minimum Gasteiger partial charge on any atom is -0.323 e. The largest absolute Gasteiger partial charge is 0.433 e. The van der Waals surface area contributed by atoms with E-state index in [1.807, 2.05) is 13.8 Å². The summed E-state index contributed by atoms with van der Waals surface area (Å²) >= 11 is 0. The summed E-state index contributed by atoms with van der Waals surface area (Å²) < 4.78 is 1.62. The summed E-state index contributed by atoms with van der Waals surface area (Å²) in [5.74, 6) is 0.161. The molecule has 0 unspecified atom stereocenters. The molecule has 0 aliphatic heterocycles.